The van der Waals surface area contributed by atoms with Crippen LogP contribution in [0.15, 0.2) is 48.7 Å². The molecule has 1 saturated heterocycles. The Kier molecular flexibility index (Phi) is 9.01. The van der Waals surface area contributed by atoms with Crippen LogP contribution in [0.3, 0.4) is 0 Å². The fraction of sp³-hybridized carbons (Fsp3) is 0.379. The molecule has 43 heavy (non-hydrogen) atoms. The van der Waals surface area contributed by atoms with Crippen LogP contribution >= 0.6 is 23.2 Å². The van der Waals surface area contributed by atoms with Gasteiger partial charge >= 0.3 is 12.4 Å². The number of benzene rings is 2. The third-order valence-corrected chi connectivity index (χ3v) is 8.05. The Morgan fingerprint density at radius 1 is 0.977 bits per heavy atom. The van der Waals surface area contributed by atoms with Gasteiger partial charge in [-0.05, 0) is 62.2 Å². The molecule has 0 bridgehead atoms. The zero-order chi connectivity index (χ0) is 32.1. The number of hydrogen-bond acceptors (Lipinski definition) is 5. The number of aromatic nitrogens is 1. The summed E-state index contributed by atoms with van der Waals surface area (Å²) in [6.07, 6.45) is -9.29. The van der Waals surface area contributed by atoms with Crippen molar-refractivity contribution in [3.8, 4) is 11.1 Å². The molecule has 2 atom stereocenters. The number of anilines is 2. The number of nitrogens with zero attached hydrogens (tertiary/aromatic N) is 3. The molecule has 0 unspecified atom stereocenters. The molecule has 1 fully saturated rings. The van der Waals surface area contributed by atoms with E-state index in [1.807, 2.05) is 0 Å². The number of β-amino-alcohol motifs (C(OH)–C–C–N with tert-alkyl or cyclic N) is 1. The molecular weight excluding hydrogens is 623 g/mol. The lowest BCUT2D eigenvalue weighted by Gasteiger charge is -2.32. The molecule has 14 heteroatoms. The molecule has 1 aliphatic rings. The van der Waals surface area contributed by atoms with E-state index in [0.29, 0.717) is 40.5 Å². The van der Waals surface area contributed by atoms with Gasteiger partial charge in [0.15, 0.2) is 0 Å². The van der Waals surface area contributed by atoms with E-state index < -0.39 is 52.5 Å². The molecule has 6 nitrogen and oxygen atoms in total. The van der Waals surface area contributed by atoms with Crippen molar-refractivity contribution in [2.75, 3.05) is 30.0 Å². The Hall–Kier alpha value is -3.06. The van der Waals surface area contributed by atoms with Crippen LogP contribution in [0.1, 0.15) is 37.0 Å². The minimum absolute atomic E-state index is 0.00594. The fourth-order valence-corrected chi connectivity index (χ4v) is 5.61. The summed E-state index contributed by atoms with van der Waals surface area (Å²) in [5.41, 5.74) is -4.53. The molecule has 0 saturated carbocycles. The van der Waals surface area contributed by atoms with E-state index in [1.54, 1.807) is 23.1 Å². The van der Waals surface area contributed by atoms with Gasteiger partial charge in [0.1, 0.15) is 5.82 Å². The van der Waals surface area contributed by atoms with Crippen LogP contribution in [0.25, 0.3) is 11.1 Å². The third-order valence-electron chi connectivity index (χ3n) is 7.50. The van der Waals surface area contributed by atoms with Crippen LogP contribution in [0.5, 0.6) is 0 Å². The number of amides is 1. The van der Waals surface area contributed by atoms with Crippen LogP contribution in [0.4, 0.5) is 37.8 Å². The van der Waals surface area contributed by atoms with Gasteiger partial charge in [-0.15, -0.1) is 0 Å². The van der Waals surface area contributed by atoms with Crippen molar-refractivity contribution in [3.05, 3.63) is 75.4 Å². The van der Waals surface area contributed by atoms with Crippen molar-refractivity contribution in [1.82, 2.24) is 4.98 Å². The number of carbonyl (C=O) groups excluding carboxylic acids is 1. The van der Waals surface area contributed by atoms with Gasteiger partial charge in [-0.3, -0.25) is 4.79 Å². The van der Waals surface area contributed by atoms with Gasteiger partial charge in [0, 0.05) is 34.8 Å². The Morgan fingerprint density at radius 2 is 1.56 bits per heavy atom. The van der Waals surface area contributed by atoms with E-state index in [0.717, 1.165) is 4.90 Å². The maximum atomic E-state index is 13.9. The van der Waals surface area contributed by atoms with Crippen LogP contribution in [-0.2, 0) is 22.6 Å². The first-order chi connectivity index (χ1) is 19.8. The molecule has 232 valence electrons. The second kappa shape index (κ2) is 11.8. The molecule has 0 spiro atoms. The summed E-state index contributed by atoms with van der Waals surface area (Å²) in [5.74, 6) is -0.487. The quantitative estimate of drug-likeness (QED) is 0.282. The monoisotopic (exact) mass is 649 g/mol. The Balaban J connectivity index is 1.84. The third kappa shape index (κ3) is 6.72. The van der Waals surface area contributed by atoms with E-state index in [1.165, 1.54) is 33.2 Å². The Bertz CT molecular complexity index is 1500. The average molecular weight is 650 g/mol. The van der Waals surface area contributed by atoms with E-state index in [9.17, 15) is 41.4 Å². The molecule has 2 N–H and O–H groups in total. The summed E-state index contributed by atoms with van der Waals surface area (Å²) in [6, 6.07) is 6.81. The first kappa shape index (κ1) is 32.8. The molecule has 1 aliphatic heterocycles. The number of hydrogen-bond donors (Lipinski definition) is 2. The van der Waals surface area contributed by atoms with Gasteiger partial charge < -0.3 is 20.0 Å². The van der Waals surface area contributed by atoms with Crippen LogP contribution < -0.4 is 9.80 Å². The Morgan fingerprint density at radius 3 is 2.09 bits per heavy atom. The lowest BCUT2D eigenvalue weighted by atomic mass is 9.81. The molecule has 0 radical (unpaired) electrons. The zero-order valence-electron chi connectivity index (χ0n) is 23.1. The second-order valence-corrected chi connectivity index (χ2v) is 11.7. The smallest absolute Gasteiger partial charge is 0.394 e. The van der Waals surface area contributed by atoms with Gasteiger partial charge in [-0.1, -0.05) is 29.3 Å². The van der Waals surface area contributed by atoms with Crippen LogP contribution in [-0.4, -0.2) is 53.4 Å². The normalized spacial score (nSPS) is 17.8. The predicted molar refractivity (Wildman–Crippen MR) is 151 cm³/mol. The molecule has 4 rings (SSSR count). The largest absolute Gasteiger partial charge is 0.416 e. The summed E-state index contributed by atoms with van der Waals surface area (Å²) >= 11 is 12.6. The van der Waals surface area contributed by atoms with Gasteiger partial charge in [0.2, 0.25) is 5.91 Å². The van der Waals surface area contributed by atoms with Crippen molar-refractivity contribution in [3.63, 3.8) is 0 Å². The molecule has 2 aromatic carbocycles. The minimum Gasteiger partial charge on any atom is -0.394 e. The van der Waals surface area contributed by atoms with E-state index in [2.05, 4.69) is 4.98 Å². The molecule has 1 aromatic heterocycles. The highest BCUT2D eigenvalue weighted by atomic mass is 35.5. The van der Waals surface area contributed by atoms with Crippen LogP contribution in [0, 0.1) is 0 Å². The number of halogens is 8. The number of carbonyl (C=O) groups is 1. The standard InChI is InChI=1S/C29H27Cl2F6N3O3/c1-27(2,15-6-16(28(32,33)34)8-17(7-15)29(35,36)37)26(43)39(3)24-12-38-25(40-13-20(42)10-19(40)14-41)11-22(24)21-5-4-18(30)9-23(21)31/h4-9,11-12,19-20,41-42H,10,13-14H2,1-3H3/t19-,20-/m0/s1. The SMILES string of the molecule is CN(C(=O)C(C)(C)c1cc(C(F)(F)F)cc(C(F)(F)F)c1)c1cnc(N2C[C@@H](O)C[C@H]2CO)cc1-c1ccc(Cl)cc1Cl. The number of aliphatic hydroxyl groups excluding tert-OH is 2. The van der Waals surface area contributed by atoms with Crippen LogP contribution in [0.2, 0.25) is 10.0 Å². The van der Waals surface area contributed by atoms with E-state index >= 15 is 0 Å². The van der Waals surface area contributed by atoms with E-state index in [4.69, 9.17) is 23.2 Å². The highest BCUT2D eigenvalue weighted by Crippen LogP contribution is 2.42. The van der Waals surface area contributed by atoms with Gasteiger partial charge in [-0.2, -0.15) is 26.3 Å². The fourth-order valence-electron chi connectivity index (χ4n) is 5.10. The zero-order valence-corrected chi connectivity index (χ0v) is 24.6. The maximum absolute atomic E-state index is 13.9. The first-order valence-corrected chi connectivity index (χ1v) is 13.7. The number of rotatable bonds is 6. The molecule has 2 heterocycles. The predicted octanol–water partition coefficient (Wildman–Crippen LogP) is 6.97. The molecular formula is C29H27Cl2F6N3O3. The second-order valence-electron chi connectivity index (χ2n) is 10.8. The summed E-state index contributed by atoms with van der Waals surface area (Å²) in [4.78, 5) is 21.1. The molecule has 3 aromatic rings. The van der Waals surface area contributed by atoms with Crippen molar-refractivity contribution in [1.29, 1.82) is 0 Å². The topological polar surface area (TPSA) is 76.9 Å². The summed E-state index contributed by atoms with van der Waals surface area (Å²) in [7, 11) is 1.32. The Labute approximate surface area is 253 Å². The number of alkyl halides is 6. The lowest BCUT2D eigenvalue weighted by molar-refractivity contribution is -0.143. The van der Waals surface area contributed by atoms with Crippen molar-refractivity contribution in [2.45, 2.75) is 50.2 Å². The van der Waals surface area contributed by atoms with Crippen molar-refractivity contribution >= 4 is 40.6 Å². The molecule has 1 amide bonds. The number of pyridine rings is 1. The highest BCUT2D eigenvalue weighted by Gasteiger charge is 2.41. The summed E-state index contributed by atoms with van der Waals surface area (Å²) < 4.78 is 81.4. The summed E-state index contributed by atoms with van der Waals surface area (Å²) in [6.45, 7) is 2.37. The molecule has 0 aliphatic carbocycles. The van der Waals surface area contributed by atoms with Gasteiger partial charge in [0.05, 0.1) is 47.2 Å². The summed E-state index contributed by atoms with van der Waals surface area (Å²) in [5, 5.41) is 20.5. The van der Waals surface area contributed by atoms with Gasteiger partial charge in [0.25, 0.3) is 0 Å². The first-order valence-electron chi connectivity index (χ1n) is 12.9. The lowest BCUT2D eigenvalue weighted by Crippen LogP contribution is -2.42. The van der Waals surface area contributed by atoms with E-state index in [-0.39, 0.29) is 29.9 Å². The number of aliphatic hydroxyl groups is 2. The highest BCUT2D eigenvalue weighted by molar-refractivity contribution is 6.36. The van der Waals surface area contributed by atoms with Crippen molar-refractivity contribution < 1.29 is 41.4 Å². The van der Waals surface area contributed by atoms with Gasteiger partial charge in [-0.25, -0.2) is 4.98 Å². The minimum atomic E-state index is -5.09. The average Bonchev–Trinajstić information content (AvgIpc) is 3.31. The maximum Gasteiger partial charge on any atom is 0.416 e. The number of likely N-dealkylation sites (N-methyl/N-ethyl adjacent to an activating group) is 1. The van der Waals surface area contributed by atoms with Crippen molar-refractivity contribution in [2.24, 2.45) is 0 Å².